The molecule has 0 saturated heterocycles. The van der Waals surface area contributed by atoms with Crippen molar-refractivity contribution in [2.24, 2.45) is 17.8 Å². The number of halogens is 1. The molecule has 6 nitrogen and oxygen atoms in total. The fraction of sp³-hybridized carbons (Fsp3) is 0.800. The number of nitrogens with zero attached hydrogens (tertiary/aromatic N) is 2. The minimum atomic E-state index is -0.494. The minimum Gasteiger partial charge on any atom is -0.393 e. The average Bonchev–Trinajstić information content (AvgIpc) is 2.99. The normalized spacial score (nSPS) is 43.1. The van der Waals surface area contributed by atoms with Crippen LogP contribution >= 0.6 is 11.6 Å². The Morgan fingerprint density at radius 1 is 1.19 bits per heavy atom. The van der Waals surface area contributed by atoms with Crippen LogP contribution in [0.2, 0.25) is 5.15 Å². The van der Waals surface area contributed by atoms with Crippen molar-refractivity contribution in [3.05, 3.63) is 16.9 Å². The van der Waals surface area contributed by atoms with E-state index in [0.29, 0.717) is 28.5 Å². The molecule has 7 heteroatoms. The number of carbonyl (C=O) groups is 1. The van der Waals surface area contributed by atoms with Gasteiger partial charge in [0.1, 0.15) is 5.15 Å². The van der Waals surface area contributed by atoms with Crippen LogP contribution in [0.15, 0.2) is 6.20 Å². The number of amides is 1. The smallest absolute Gasteiger partial charge is 0.256 e. The maximum Gasteiger partial charge on any atom is 0.256 e. The molecule has 27 heavy (non-hydrogen) atoms. The van der Waals surface area contributed by atoms with Gasteiger partial charge in [-0.3, -0.25) is 9.48 Å². The first kappa shape index (κ1) is 18.0. The van der Waals surface area contributed by atoms with Crippen LogP contribution in [0.5, 0.6) is 0 Å². The van der Waals surface area contributed by atoms with E-state index in [1.165, 1.54) is 0 Å². The van der Waals surface area contributed by atoms with Gasteiger partial charge in [0.15, 0.2) is 0 Å². The van der Waals surface area contributed by atoms with Crippen molar-refractivity contribution in [1.82, 2.24) is 15.1 Å². The second-order valence-corrected chi connectivity index (χ2v) is 9.81. The highest BCUT2D eigenvalue weighted by molar-refractivity contribution is 6.32. The lowest BCUT2D eigenvalue weighted by Crippen LogP contribution is -2.61. The summed E-state index contributed by atoms with van der Waals surface area (Å²) in [6, 6.07) is 0.288. The SMILES string of the molecule is O=C(N[C@H]1C2CC3CC1C[C@](O)(C3)C2)c1cnn([C@H]2CC[C@@H](O)CC2)c1Cl. The first-order chi connectivity index (χ1) is 12.9. The third-order valence-corrected chi connectivity index (χ3v) is 7.91. The van der Waals surface area contributed by atoms with Crippen LogP contribution in [0, 0.1) is 17.8 Å². The highest BCUT2D eigenvalue weighted by Gasteiger charge is 2.55. The standard InChI is InChI=1S/C20H28ClN3O3/c21-18-16(10-22-24(18)14-1-3-15(25)4-2-14)19(26)23-17-12-5-11-6-13(17)9-20(27,7-11)8-12/h10-15,17,25,27H,1-9H2,(H,23,26)/t11?,12?,13?,14-,15+,17-,20-. The molecule has 0 spiro atoms. The number of nitrogens with one attached hydrogen (secondary N) is 1. The lowest BCUT2D eigenvalue weighted by Gasteiger charge is -2.58. The van der Waals surface area contributed by atoms with Crippen LogP contribution in [-0.2, 0) is 0 Å². The Balaban J connectivity index is 1.30. The van der Waals surface area contributed by atoms with E-state index in [4.69, 9.17) is 11.6 Å². The number of carbonyl (C=O) groups excluding carboxylic acids is 1. The van der Waals surface area contributed by atoms with Crippen LogP contribution in [0.25, 0.3) is 0 Å². The van der Waals surface area contributed by atoms with E-state index in [9.17, 15) is 15.0 Å². The lowest BCUT2D eigenvalue weighted by molar-refractivity contribution is -0.136. The zero-order valence-corrected chi connectivity index (χ0v) is 16.2. The minimum absolute atomic E-state index is 0.138. The summed E-state index contributed by atoms with van der Waals surface area (Å²) in [6.07, 6.45) is 9.28. The van der Waals surface area contributed by atoms with Crippen LogP contribution in [0.1, 0.15) is 74.2 Å². The second kappa shape index (κ2) is 6.46. The Labute approximate surface area is 164 Å². The molecular weight excluding hydrogens is 366 g/mol. The maximum atomic E-state index is 12.9. The van der Waals surface area contributed by atoms with Crippen LogP contribution in [0.3, 0.4) is 0 Å². The molecule has 0 aromatic carbocycles. The molecule has 1 aromatic rings. The molecule has 5 saturated carbocycles. The largest absolute Gasteiger partial charge is 0.393 e. The van der Waals surface area contributed by atoms with E-state index in [0.717, 1.165) is 57.8 Å². The van der Waals surface area contributed by atoms with Gasteiger partial charge in [-0.15, -0.1) is 0 Å². The monoisotopic (exact) mass is 393 g/mol. The molecule has 5 aliphatic rings. The third-order valence-electron chi connectivity index (χ3n) is 7.53. The summed E-state index contributed by atoms with van der Waals surface area (Å²) in [4.78, 5) is 12.9. The Bertz CT molecular complexity index is 727. The first-order valence-corrected chi connectivity index (χ1v) is 10.7. The van der Waals surface area contributed by atoms with E-state index in [2.05, 4.69) is 10.4 Å². The summed E-state index contributed by atoms with van der Waals surface area (Å²) < 4.78 is 1.75. The van der Waals surface area contributed by atoms with Crippen molar-refractivity contribution < 1.29 is 15.0 Å². The van der Waals surface area contributed by atoms with Crippen molar-refractivity contribution >= 4 is 17.5 Å². The first-order valence-electron chi connectivity index (χ1n) is 10.4. The van der Waals surface area contributed by atoms with E-state index >= 15 is 0 Å². The molecule has 3 N–H and O–H groups in total. The van der Waals surface area contributed by atoms with E-state index in [-0.39, 0.29) is 24.1 Å². The summed E-state index contributed by atoms with van der Waals surface area (Å²) >= 11 is 6.52. The molecule has 2 unspecified atom stereocenters. The number of rotatable bonds is 3. The number of hydrogen-bond acceptors (Lipinski definition) is 4. The molecule has 1 heterocycles. The van der Waals surface area contributed by atoms with Gasteiger partial charge in [0.2, 0.25) is 0 Å². The van der Waals surface area contributed by atoms with Gasteiger partial charge in [0.25, 0.3) is 5.91 Å². The van der Waals surface area contributed by atoms with Crippen LogP contribution < -0.4 is 5.32 Å². The number of aliphatic hydroxyl groups excluding tert-OH is 1. The molecular formula is C20H28ClN3O3. The zero-order chi connectivity index (χ0) is 18.8. The fourth-order valence-electron chi connectivity index (χ4n) is 6.50. The molecule has 148 valence electrons. The van der Waals surface area contributed by atoms with Crippen molar-refractivity contribution in [2.45, 2.75) is 81.6 Å². The van der Waals surface area contributed by atoms with Crippen LogP contribution in [0.4, 0.5) is 0 Å². The highest BCUT2D eigenvalue weighted by atomic mass is 35.5. The van der Waals surface area contributed by atoms with Crippen molar-refractivity contribution in [3.8, 4) is 0 Å². The predicted molar refractivity (Wildman–Crippen MR) is 101 cm³/mol. The van der Waals surface area contributed by atoms with Crippen LogP contribution in [-0.4, -0.2) is 43.6 Å². The summed E-state index contributed by atoms with van der Waals surface area (Å²) in [7, 11) is 0. The maximum absolute atomic E-state index is 12.9. The van der Waals surface area contributed by atoms with Gasteiger partial charge >= 0.3 is 0 Å². The summed E-state index contributed by atoms with van der Waals surface area (Å²) in [5.41, 5.74) is -0.0541. The van der Waals surface area contributed by atoms with Gasteiger partial charge in [-0.2, -0.15) is 5.10 Å². The quantitative estimate of drug-likeness (QED) is 0.736. The molecule has 0 radical (unpaired) electrons. The molecule has 5 fully saturated rings. The van der Waals surface area contributed by atoms with Crippen molar-refractivity contribution in [2.75, 3.05) is 0 Å². The van der Waals surface area contributed by atoms with Gasteiger partial charge in [0.05, 0.1) is 29.5 Å². The number of aliphatic hydroxyl groups is 2. The second-order valence-electron chi connectivity index (χ2n) is 9.45. The average molecular weight is 394 g/mol. The molecule has 4 bridgehead atoms. The third kappa shape index (κ3) is 3.10. The molecule has 6 rings (SSSR count). The van der Waals surface area contributed by atoms with Gasteiger partial charge in [-0.05, 0) is 75.5 Å². The molecule has 1 amide bonds. The lowest BCUT2D eigenvalue weighted by atomic mass is 9.52. The van der Waals surface area contributed by atoms with Crippen molar-refractivity contribution in [1.29, 1.82) is 0 Å². The molecule has 0 aliphatic heterocycles. The fourth-order valence-corrected chi connectivity index (χ4v) is 6.82. The summed E-state index contributed by atoms with van der Waals surface area (Å²) in [5, 5.41) is 28.4. The molecule has 5 aliphatic carbocycles. The zero-order valence-electron chi connectivity index (χ0n) is 15.5. The Hall–Kier alpha value is -1.11. The Morgan fingerprint density at radius 2 is 1.85 bits per heavy atom. The number of hydrogen-bond donors (Lipinski definition) is 3. The summed E-state index contributed by atoms with van der Waals surface area (Å²) in [6.45, 7) is 0. The summed E-state index contributed by atoms with van der Waals surface area (Å²) in [5.74, 6) is 1.22. The van der Waals surface area contributed by atoms with Gasteiger partial charge < -0.3 is 15.5 Å². The predicted octanol–water partition coefficient (Wildman–Crippen LogP) is 2.68. The highest BCUT2D eigenvalue weighted by Crippen LogP contribution is 2.55. The molecule has 2 atom stereocenters. The van der Waals surface area contributed by atoms with E-state index in [1.807, 2.05) is 0 Å². The van der Waals surface area contributed by atoms with E-state index < -0.39 is 5.60 Å². The Kier molecular flexibility index (Phi) is 4.30. The topological polar surface area (TPSA) is 87.4 Å². The van der Waals surface area contributed by atoms with Crippen molar-refractivity contribution in [3.63, 3.8) is 0 Å². The van der Waals surface area contributed by atoms with Gasteiger partial charge in [-0.1, -0.05) is 11.6 Å². The van der Waals surface area contributed by atoms with Gasteiger partial charge in [0, 0.05) is 6.04 Å². The Morgan fingerprint density at radius 3 is 2.48 bits per heavy atom. The number of aromatic nitrogens is 2. The van der Waals surface area contributed by atoms with E-state index in [1.54, 1.807) is 10.9 Å². The van der Waals surface area contributed by atoms with Gasteiger partial charge in [-0.25, -0.2) is 0 Å². The molecule has 1 aromatic heterocycles.